The quantitative estimate of drug-likeness (QED) is 0.620. The number of rotatable bonds is 4. The maximum atomic E-state index is 12.9. The summed E-state index contributed by atoms with van der Waals surface area (Å²) in [7, 11) is 0. The van der Waals surface area contributed by atoms with Gasteiger partial charge >= 0.3 is 6.18 Å². The van der Waals surface area contributed by atoms with Gasteiger partial charge in [0.1, 0.15) is 17.8 Å². The van der Waals surface area contributed by atoms with E-state index in [1.54, 1.807) is 24.3 Å². The van der Waals surface area contributed by atoms with Crippen LogP contribution in [0.25, 0.3) is 11.0 Å². The smallest absolute Gasteiger partial charge is 0.383 e. The standard InChI is InChI=1S/C22H20F3N5O/c1-13(10-22(23,24)25)30-11-16(18-19(26)27-12-28-20(18)30)6-5-14-3-2-4-15(9-14)21(31)29-17-7-8-17/h2-4,9,11-13,17H,7-8,10H2,1H3,(H,29,31)(H2,26,27,28). The number of hydrogen-bond acceptors (Lipinski definition) is 4. The van der Waals surface area contributed by atoms with Crippen molar-refractivity contribution >= 4 is 22.8 Å². The maximum Gasteiger partial charge on any atom is 0.391 e. The molecule has 0 spiro atoms. The Labute approximate surface area is 176 Å². The first-order chi connectivity index (χ1) is 14.7. The van der Waals surface area contributed by atoms with Gasteiger partial charge in [0, 0.05) is 29.4 Å². The van der Waals surface area contributed by atoms with Crippen molar-refractivity contribution < 1.29 is 18.0 Å². The van der Waals surface area contributed by atoms with E-state index in [0.717, 1.165) is 12.8 Å². The number of halogens is 3. The molecule has 0 bridgehead atoms. The van der Waals surface area contributed by atoms with E-state index in [4.69, 9.17) is 5.73 Å². The molecule has 0 radical (unpaired) electrons. The fraction of sp³-hybridized carbons (Fsp3) is 0.318. The van der Waals surface area contributed by atoms with Crippen LogP contribution in [-0.4, -0.2) is 32.7 Å². The lowest BCUT2D eigenvalue weighted by molar-refractivity contribution is -0.141. The zero-order valence-electron chi connectivity index (χ0n) is 16.7. The SMILES string of the molecule is CC(CC(F)(F)F)n1cc(C#Cc2cccc(C(=O)NC3CC3)c2)c2c(N)ncnc21. The third kappa shape index (κ3) is 4.79. The van der Waals surface area contributed by atoms with Crippen molar-refractivity contribution in [1.82, 2.24) is 19.9 Å². The van der Waals surface area contributed by atoms with Gasteiger partial charge in [0.25, 0.3) is 5.91 Å². The molecule has 1 unspecified atom stereocenters. The number of nitrogens with one attached hydrogen (secondary N) is 1. The molecular weight excluding hydrogens is 407 g/mol. The third-order valence-corrected chi connectivity index (χ3v) is 5.02. The molecule has 9 heteroatoms. The Hall–Kier alpha value is -3.54. The van der Waals surface area contributed by atoms with Gasteiger partial charge in [-0.1, -0.05) is 17.9 Å². The Bertz CT molecular complexity index is 1200. The molecule has 1 saturated carbocycles. The van der Waals surface area contributed by atoms with Crippen LogP contribution in [0.4, 0.5) is 19.0 Å². The predicted molar refractivity (Wildman–Crippen MR) is 110 cm³/mol. The molecule has 1 aromatic carbocycles. The highest BCUT2D eigenvalue weighted by atomic mass is 19.4. The number of anilines is 1. The van der Waals surface area contributed by atoms with Gasteiger partial charge in [-0.3, -0.25) is 4.79 Å². The zero-order chi connectivity index (χ0) is 22.2. The molecule has 1 fully saturated rings. The highest BCUT2D eigenvalue weighted by Gasteiger charge is 2.31. The van der Waals surface area contributed by atoms with Crippen LogP contribution in [0.3, 0.4) is 0 Å². The highest BCUT2D eigenvalue weighted by Crippen LogP contribution is 2.32. The van der Waals surface area contributed by atoms with Crippen LogP contribution >= 0.6 is 0 Å². The Balaban J connectivity index is 1.68. The van der Waals surface area contributed by atoms with Crippen LogP contribution in [0, 0.1) is 11.8 Å². The first-order valence-corrected chi connectivity index (χ1v) is 9.82. The minimum absolute atomic E-state index is 0.143. The number of hydrogen-bond donors (Lipinski definition) is 2. The molecular formula is C22H20F3N5O. The Morgan fingerprint density at radius 2 is 2.10 bits per heavy atom. The summed E-state index contributed by atoms with van der Waals surface area (Å²) in [6.07, 6.45) is -0.610. The van der Waals surface area contributed by atoms with Crippen LogP contribution in [0.15, 0.2) is 36.8 Å². The van der Waals surface area contributed by atoms with Gasteiger partial charge < -0.3 is 15.6 Å². The lowest BCUT2D eigenvalue weighted by Gasteiger charge is -2.16. The van der Waals surface area contributed by atoms with E-state index in [9.17, 15) is 18.0 Å². The molecule has 4 rings (SSSR count). The average molecular weight is 427 g/mol. The van der Waals surface area contributed by atoms with Crippen molar-refractivity contribution in [2.75, 3.05) is 5.73 Å². The van der Waals surface area contributed by atoms with E-state index in [0.29, 0.717) is 27.7 Å². The van der Waals surface area contributed by atoms with Crippen molar-refractivity contribution in [1.29, 1.82) is 0 Å². The number of carbonyl (C=O) groups is 1. The maximum absolute atomic E-state index is 12.9. The number of nitrogens with two attached hydrogens (primary N) is 1. The Morgan fingerprint density at radius 1 is 1.32 bits per heavy atom. The van der Waals surface area contributed by atoms with Crippen molar-refractivity contribution in [3.05, 3.63) is 53.5 Å². The van der Waals surface area contributed by atoms with Crippen LogP contribution in [0.5, 0.6) is 0 Å². The number of amides is 1. The monoisotopic (exact) mass is 427 g/mol. The number of benzene rings is 1. The van der Waals surface area contributed by atoms with Gasteiger partial charge in [0.05, 0.1) is 17.4 Å². The second-order valence-electron chi connectivity index (χ2n) is 7.65. The summed E-state index contributed by atoms with van der Waals surface area (Å²) >= 11 is 0. The Morgan fingerprint density at radius 3 is 2.81 bits per heavy atom. The van der Waals surface area contributed by atoms with Crippen LogP contribution < -0.4 is 11.1 Å². The van der Waals surface area contributed by atoms with Crippen LogP contribution in [-0.2, 0) is 0 Å². The zero-order valence-corrected chi connectivity index (χ0v) is 16.7. The van der Waals surface area contributed by atoms with Gasteiger partial charge in [0.15, 0.2) is 0 Å². The van der Waals surface area contributed by atoms with Crippen molar-refractivity contribution in [3.63, 3.8) is 0 Å². The summed E-state index contributed by atoms with van der Waals surface area (Å²) < 4.78 is 40.1. The van der Waals surface area contributed by atoms with Crippen LogP contribution in [0.1, 0.15) is 53.7 Å². The number of aromatic nitrogens is 3. The molecule has 2 heterocycles. The minimum atomic E-state index is -4.32. The summed E-state index contributed by atoms with van der Waals surface area (Å²) in [5.74, 6) is 5.92. The average Bonchev–Trinajstić information content (AvgIpc) is 3.43. The molecule has 1 aliphatic carbocycles. The number of fused-ring (bicyclic) bond motifs is 1. The van der Waals surface area contributed by atoms with Crippen molar-refractivity contribution in [3.8, 4) is 11.8 Å². The van der Waals surface area contributed by atoms with Gasteiger partial charge in [-0.15, -0.1) is 0 Å². The summed E-state index contributed by atoms with van der Waals surface area (Å²) in [4.78, 5) is 20.3. The topological polar surface area (TPSA) is 85.8 Å². The molecule has 6 nitrogen and oxygen atoms in total. The van der Waals surface area contributed by atoms with Crippen molar-refractivity contribution in [2.24, 2.45) is 0 Å². The van der Waals surface area contributed by atoms with Crippen molar-refractivity contribution in [2.45, 2.75) is 44.4 Å². The van der Waals surface area contributed by atoms with Gasteiger partial charge in [0.2, 0.25) is 0 Å². The normalized spacial score (nSPS) is 14.7. The second-order valence-corrected chi connectivity index (χ2v) is 7.65. The molecule has 1 amide bonds. The molecule has 160 valence electrons. The fourth-order valence-corrected chi connectivity index (χ4v) is 3.35. The molecule has 2 aromatic heterocycles. The molecule has 0 aliphatic heterocycles. The van der Waals surface area contributed by atoms with E-state index >= 15 is 0 Å². The first-order valence-electron chi connectivity index (χ1n) is 9.82. The van der Waals surface area contributed by atoms with Gasteiger partial charge in [-0.05, 0) is 38.0 Å². The van der Waals surface area contributed by atoms with E-state index in [1.807, 2.05) is 0 Å². The Kier molecular flexibility index (Phi) is 5.31. The highest BCUT2D eigenvalue weighted by molar-refractivity contribution is 5.95. The summed E-state index contributed by atoms with van der Waals surface area (Å²) in [5, 5.41) is 3.33. The molecule has 3 N–H and O–H groups in total. The fourth-order valence-electron chi connectivity index (χ4n) is 3.35. The first kappa shape index (κ1) is 20.7. The molecule has 3 aromatic rings. The van der Waals surface area contributed by atoms with E-state index < -0.39 is 18.6 Å². The predicted octanol–water partition coefficient (Wildman–Crippen LogP) is 3.82. The third-order valence-electron chi connectivity index (χ3n) is 5.02. The van der Waals surface area contributed by atoms with Gasteiger partial charge in [-0.2, -0.15) is 13.2 Å². The number of carbonyl (C=O) groups excluding carboxylic acids is 1. The second kappa shape index (κ2) is 7.95. The minimum Gasteiger partial charge on any atom is -0.383 e. The molecule has 0 saturated heterocycles. The van der Waals surface area contributed by atoms with E-state index in [2.05, 4.69) is 27.1 Å². The summed E-state index contributed by atoms with van der Waals surface area (Å²) in [6, 6.07) is 6.23. The van der Waals surface area contributed by atoms with E-state index in [-0.39, 0.29) is 17.8 Å². The number of nitrogen functional groups attached to an aromatic ring is 1. The lowest BCUT2D eigenvalue weighted by atomic mass is 10.1. The summed E-state index contributed by atoms with van der Waals surface area (Å²) in [6.45, 7) is 1.46. The van der Waals surface area contributed by atoms with E-state index in [1.165, 1.54) is 24.0 Å². The molecule has 1 aliphatic rings. The molecule has 31 heavy (non-hydrogen) atoms. The van der Waals surface area contributed by atoms with Crippen LogP contribution in [0.2, 0.25) is 0 Å². The summed E-state index contributed by atoms with van der Waals surface area (Å²) in [5.41, 5.74) is 7.80. The van der Waals surface area contributed by atoms with Gasteiger partial charge in [-0.25, -0.2) is 9.97 Å². The largest absolute Gasteiger partial charge is 0.391 e. The lowest BCUT2D eigenvalue weighted by Crippen LogP contribution is -2.25. The number of nitrogens with zero attached hydrogens (tertiary/aromatic N) is 3. The molecule has 1 atom stereocenters. The number of alkyl halides is 3.